The standard InChI is InChI=1S/C17H18ClN3O2S/c18-15-6-5-12(10-14(15)16(22)20-11-3-4-11)21-17(23)19-8-7-13-2-1-9-24-13/h1-2,5-6,9-11H,3-4,7-8H2,(H,20,22)(H2,19,21,23). The van der Waals surface area contributed by atoms with Gasteiger partial charge in [0.15, 0.2) is 0 Å². The second kappa shape index (κ2) is 7.68. The van der Waals surface area contributed by atoms with Crippen LogP contribution in [0.5, 0.6) is 0 Å². The lowest BCUT2D eigenvalue weighted by molar-refractivity contribution is 0.0951. The first kappa shape index (κ1) is 16.8. The van der Waals surface area contributed by atoms with Gasteiger partial charge in [0.2, 0.25) is 0 Å². The molecule has 126 valence electrons. The largest absolute Gasteiger partial charge is 0.349 e. The van der Waals surface area contributed by atoms with Gasteiger partial charge in [-0.15, -0.1) is 11.3 Å². The summed E-state index contributed by atoms with van der Waals surface area (Å²) in [6.45, 7) is 0.551. The van der Waals surface area contributed by atoms with Crippen LogP contribution in [-0.4, -0.2) is 24.5 Å². The molecule has 1 heterocycles. The summed E-state index contributed by atoms with van der Waals surface area (Å²) in [6, 6.07) is 8.86. The number of carbonyl (C=O) groups excluding carboxylic acids is 2. The molecule has 1 aromatic carbocycles. The van der Waals surface area contributed by atoms with Crippen molar-refractivity contribution in [3.63, 3.8) is 0 Å². The molecule has 3 N–H and O–H groups in total. The molecule has 1 fully saturated rings. The third-order valence-electron chi connectivity index (χ3n) is 3.62. The topological polar surface area (TPSA) is 70.2 Å². The van der Waals surface area contributed by atoms with Crippen LogP contribution in [0.25, 0.3) is 0 Å². The van der Waals surface area contributed by atoms with Gasteiger partial charge in [0, 0.05) is 23.2 Å². The molecule has 2 aromatic rings. The Morgan fingerprint density at radius 2 is 2.08 bits per heavy atom. The number of hydrogen-bond donors (Lipinski definition) is 3. The monoisotopic (exact) mass is 363 g/mol. The fourth-order valence-corrected chi connectivity index (χ4v) is 3.11. The van der Waals surface area contributed by atoms with Crippen molar-refractivity contribution >= 4 is 40.6 Å². The number of hydrogen-bond acceptors (Lipinski definition) is 3. The summed E-state index contributed by atoms with van der Waals surface area (Å²) in [7, 11) is 0. The molecule has 0 aliphatic heterocycles. The normalized spacial score (nSPS) is 13.4. The summed E-state index contributed by atoms with van der Waals surface area (Å²) in [4.78, 5) is 25.3. The molecule has 0 saturated heterocycles. The number of nitrogens with one attached hydrogen (secondary N) is 3. The van der Waals surface area contributed by atoms with Gasteiger partial charge in [-0.1, -0.05) is 17.7 Å². The molecule has 1 aliphatic carbocycles. The Morgan fingerprint density at radius 1 is 1.25 bits per heavy atom. The molecular weight excluding hydrogens is 346 g/mol. The van der Waals surface area contributed by atoms with Crippen LogP contribution >= 0.6 is 22.9 Å². The van der Waals surface area contributed by atoms with Gasteiger partial charge >= 0.3 is 6.03 Å². The Hall–Kier alpha value is -2.05. The number of anilines is 1. The number of urea groups is 1. The number of benzene rings is 1. The molecule has 3 amide bonds. The molecule has 0 spiro atoms. The zero-order valence-corrected chi connectivity index (χ0v) is 14.5. The lowest BCUT2D eigenvalue weighted by atomic mass is 10.2. The highest BCUT2D eigenvalue weighted by molar-refractivity contribution is 7.09. The summed E-state index contributed by atoms with van der Waals surface area (Å²) < 4.78 is 0. The van der Waals surface area contributed by atoms with Crippen molar-refractivity contribution < 1.29 is 9.59 Å². The third-order valence-corrected chi connectivity index (χ3v) is 4.88. The van der Waals surface area contributed by atoms with E-state index in [1.54, 1.807) is 29.5 Å². The minimum atomic E-state index is -0.303. The molecule has 3 rings (SSSR count). The highest BCUT2D eigenvalue weighted by atomic mass is 35.5. The van der Waals surface area contributed by atoms with E-state index in [1.165, 1.54) is 4.88 Å². The molecule has 1 aromatic heterocycles. The first-order valence-corrected chi connectivity index (χ1v) is 9.05. The maximum Gasteiger partial charge on any atom is 0.319 e. The molecule has 0 unspecified atom stereocenters. The number of amides is 3. The van der Waals surface area contributed by atoms with Crippen LogP contribution in [0.3, 0.4) is 0 Å². The Kier molecular flexibility index (Phi) is 5.37. The van der Waals surface area contributed by atoms with Crippen molar-refractivity contribution in [2.75, 3.05) is 11.9 Å². The Bertz CT molecular complexity index is 729. The van der Waals surface area contributed by atoms with E-state index in [2.05, 4.69) is 16.0 Å². The molecule has 0 radical (unpaired) electrons. The summed E-state index contributed by atoms with van der Waals surface area (Å²) >= 11 is 7.75. The zero-order valence-electron chi connectivity index (χ0n) is 13.0. The van der Waals surface area contributed by atoms with Crippen LogP contribution in [-0.2, 0) is 6.42 Å². The van der Waals surface area contributed by atoms with Crippen LogP contribution in [0, 0.1) is 0 Å². The zero-order chi connectivity index (χ0) is 16.9. The Morgan fingerprint density at radius 3 is 2.79 bits per heavy atom. The second-order valence-corrected chi connectivity index (χ2v) is 7.09. The lowest BCUT2D eigenvalue weighted by Gasteiger charge is -2.10. The highest BCUT2D eigenvalue weighted by Gasteiger charge is 2.24. The van der Waals surface area contributed by atoms with E-state index >= 15 is 0 Å². The molecule has 7 heteroatoms. The van der Waals surface area contributed by atoms with Gasteiger partial charge in [-0.2, -0.15) is 0 Å². The summed E-state index contributed by atoms with van der Waals surface area (Å²) in [5.74, 6) is -0.204. The van der Waals surface area contributed by atoms with Gasteiger partial charge in [0.25, 0.3) is 5.91 Å². The van der Waals surface area contributed by atoms with E-state index < -0.39 is 0 Å². The first-order valence-electron chi connectivity index (χ1n) is 7.79. The van der Waals surface area contributed by atoms with Crippen molar-refractivity contribution in [2.45, 2.75) is 25.3 Å². The lowest BCUT2D eigenvalue weighted by Crippen LogP contribution is -2.30. The fraction of sp³-hybridized carbons (Fsp3) is 0.294. The molecule has 0 bridgehead atoms. The minimum absolute atomic E-state index is 0.204. The SMILES string of the molecule is O=C(NCCc1cccs1)Nc1ccc(Cl)c(C(=O)NC2CC2)c1. The molecule has 1 aliphatic rings. The van der Waals surface area contributed by atoms with Crippen LogP contribution in [0.1, 0.15) is 28.1 Å². The van der Waals surface area contributed by atoms with E-state index in [0.717, 1.165) is 19.3 Å². The van der Waals surface area contributed by atoms with Gasteiger partial charge < -0.3 is 16.0 Å². The van der Waals surface area contributed by atoms with Crippen LogP contribution < -0.4 is 16.0 Å². The van der Waals surface area contributed by atoms with Crippen LogP contribution in [0.4, 0.5) is 10.5 Å². The van der Waals surface area contributed by atoms with Gasteiger partial charge in [-0.25, -0.2) is 4.79 Å². The average Bonchev–Trinajstić information content (AvgIpc) is 3.21. The molecule has 0 atom stereocenters. The van der Waals surface area contributed by atoms with Crippen molar-refractivity contribution in [1.82, 2.24) is 10.6 Å². The van der Waals surface area contributed by atoms with Gasteiger partial charge in [0.1, 0.15) is 0 Å². The second-order valence-electron chi connectivity index (χ2n) is 5.65. The number of carbonyl (C=O) groups is 2. The summed E-state index contributed by atoms with van der Waals surface area (Å²) in [5.41, 5.74) is 0.911. The number of rotatable bonds is 6. The molecule has 24 heavy (non-hydrogen) atoms. The van der Waals surface area contributed by atoms with Crippen molar-refractivity contribution in [2.24, 2.45) is 0 Å². The van der Waals surface area contributed by atoms with Crippen molar-refractivity contribution in [3.8, 4) is 0 Å². The number of halogens is 1. The van der Waals surface area contributed by atoms with E-state index in [0.29, 0.717) is 22.8 Å². The van der Waals surface area contributed by atoms with E-state index in [-0.39, 0.29) is 18.0 Å². The predicted molar refractivity (Wildman–Crippen MR) is 97.0 cm³/mol. The van der Waals surface area contributed by atoms with Crippen molar-refractivity contribution in [1.29, 1.82) is 0 Å². The minimum Gasteiger partial charge on any atom is -0.349 e. The Labute approximate surface area is 149 Å². The van der Waals surface area contributed by atoms with Crippen molar-refractivity contribution in [3.05, 3.63) is 51.2 Å². The quantitative estimate of drug-likeness (QED) is 0.733. The molecular formula is C17H18ClN3O2S. The number of thiophene rings is 1. The van der Waals surface area contributed by atoms with Crippen LogP contribution in [0.2, 0.25) is 5.02 Å². The summed E-state index contributed by atoms with van der Waals surface area (Å²) in [6.07, 6.45) is 2.81. The highest BCUT2D eigenvalue weighted by Crippen LogP contribution is 2.23. The smallest absolute Gasteiger partial charge is 0.319 e. The summed E-state index contributed by atoms with van der Waals surface area (Å²) in [5, 5.41) is 10.8. The maximum atomic E-state index is 12.1. The third kappa shape index (κ3) is 4.72. The van der Waals surface area contributed by atoms with Crippen LogP contribution in [0.15, 0.2) is 35.7 Å². The van der Waals surface area contributed by atoms with E-state index in [4.69, 9.17) is 11.6 Å². The van der Waals surface area contributed by atoms with E-state index in [9.17, 15) is 9.59 Å². The average molecular weight is 364 g/mol. The molecule has 1 saturated carbocycles. The maximum absolute atomic E-state index is 12.1. The molecule has 5 nitrogen and oxygen atoms in total. The fourth-order valence-electron chi connectivity index (χ4n) is 2.20. The van der Waals surface area contributed by atoms with Gasteiger partial charge in [-0.3, -0.25) is 4.79 Å². The predicted octanol–water partition coefficient (Wildman–Crippen LogP) is 3.66. The Balaban J connectivity index is 1.53. The van der Waals surface area contributed by atoms with Gasteiger partial charge in [0.05, 0.1) is 10.6 Å². The first-order chi connectivity index (χ1) is 11.6. The van der Waals surface area contributed by atoms with Gasteiger partial charge in [-0.05, 0) is 48.9 Å². The van der Waals surface area contributed by atoms with E-state index in [1.807, 2.05) is 17.5 Å².